The molecule has 5 nitrogen and oxygen atoms in total. The van der Waals surface area contributed by atoms with Crippen LogP contribution in [0.1, 0.15) is 24.0 Å². The first kappa shape index (κ1) is 16.9. The van der Waals surface area contributed by atoms with Gasteiger partial charge in [0.1, 0.15) is 0 Å². The minimum Gasteiger partial charge on any atom is -0.454 e. The lowest BCUT2D eigenvalue weighted by molar-refractivity contribution is -0.122. The van der Waals surface area contributed by atoms with Crippen molar-refractivity contribution in [1.29, 1.82) is 0 Å². The monoisotopic (exact) mass is 353 g/mol. The Morgan fingerprint density at radius 2 is 1.85 bits per heavy atom. The molecular weight excluding hydrogens is 330 g/mol. The highest BCUT2D eigenvalue weighted by Crippen LogP contribution is 2.33. The second-order valence-electron chi connectivity index (χ2n) is 7.11. The van der Waals surface area contributed by atoms with Crippen molar-refractivity contribution in [1.82, 2.24) is 5.32 Å². The van der Waals surface area contributed by atoms with Crippen LogP contribution in [-0.2, 0) is 17.6 Å². The molecule has 4 rings (SSSR count). The van der Waals surface area contributed by atoms with Crippen molar-refractivity contribution in [3.63, 3.8) is 0 Å². The van der Waals surface area contributed by atoms with Crippen LogP contribution < -0.4 is 14.8 Å². The van der Waals surface area contributed by atoms with Crippen LogP contribution in [0.4, 0.5) is 0 Å². The van der Waals surface area contributed by atoms with Crippen molar-refractivity contribution in [3.8, 4) is 11.5 Å². The zero-order valence-electron chi connectivity index (χ0n) is 14.6. The van der Waals surface area contributed by atoms with Gasteiger partial charge < -0.3 is 19.9 Å². The number of fused-ring (bicyclic) bond motifs is 1. The minimum absolute atomic E-state index is 0.00816. The number of ether oxygens (including phenoxy) is 2. The lowest BCUT2D eigenvalue weighted by Crippen LogP contribution is -2.48. The number of carbonyl (C=O) groups excluding carboxylic acids is 1. The quantitative estimate of drug-likeness (QED) is 0.837. The molecule has 1 fully saturated rings. The smallest absolute Gasteiger partial charge is 0.231 e. The third kappa shape index (κ3) is 3.83. The average Bonchev–Trinajstić information content (AvgIpc) is 3.07. The first-order valence-electron chi connectivity index (χ1n) is 9.07. The molecule has 2 N–H and O–H groups in total. The lowest BCUT2D eigenvalue weighted by Gasteiger charge is -2.38. The average molecular weight is 353 g/mol. The number of aliphatic hydroxyl groups excluding tert-OH is 1. The van der Waals surface area contributed by atoms with Gasteiger partial charge in [0.25, 0.3) is 0 Å². The van der Waals surface area contributed by atoms with E-state index in [2.05, 4.69) is 17.4 Å². The van der Waals surface area contributed by atoms with E-state index < -0.39 is 0 Å². The molecule has 2 aromatic rings. The summed E-state index contributed by atoms with van der Waals surface area (Å²) in [5, 5.41) is 12.8. The largest absolute Gasteiger partial charge is 0.454 e. The van der Waals surface area contributed by atoms with Gasteiger partial charge in [0.15, 0.2) is 11.5 Å². The molecule has 136 valence electrons. The molecule has 0 aromatic heterocycles. The van der Waals surface area contributed by atoms with Crippen LogP contribution in [0.5, 0.6) is 11.5 Å². The summed E-state index contributed by atoms with van der Waals surface area (Å²) in [6.45, 7) is 0.230. The van der Waals surface area contributed by atoms with Gasteiger partial charge in [0, 0.05) is 6.04 Å². The molecule has 1 unspecified atom stereocenters. The fraction of sp³-hybridized carbons (Fsp3) is 0.381. The molecule has 2 aromatic carbocycles. The molecule has 1 heterocycles. The number of rotatable bonds is 6. The van der Waals surface area contributed by atoms with Crippen LogP contribution in [0.3, 0.4) is 0 Å². The summed E-state index contributed by atoms with van der Waals surface area (Å²) >= 11 is 0. The number of aliphatic hydroxyl groups is 1. The van der Waals surface area contributed by atoms with Crippen LogP contribution in [0.15, 0.2) is 48.5 Å². The van der Waals surface area contributed by atoms with Gasteiger partial charge >= 0.3 is 0 Å². The summed E-state index contributed by atoms with van der Waals surface area (Å²) < 4.78 is 10.7. The van der Waals surface area contributed by atoms with Crippen LogP contribution in [0.2, 0.25) is 0 Å². The second kappa shape index (κ2) is 7.38. The van der Waals surface area contributed by atoms with Crippen LogP contribution in [0, 0.1) is 5.92 Å². The molecule has 1 aliphatic carbocycles. The Hall–Kier alpha value is -2.53. The van der Waals surface area contributed by atoms with Gasteiger partial charge in [-0.05, 0) is 48.4 Å². The summed E-state index contributed by atoms with van der Waals surface area (Å²) in [7, 11) is 0. The van der Waals surface area contributed by atoms with Gasteiger partial charge in [-0.2, -0.15) is 0 Å². The Kier molecular flexibility index (Phi) is 4.80. The van der Waals surface area contributed by atoms with Crippen molar-refractivity contribution in [2.24, 2.45) is 5.92 Å². The van der Waals surface area contributed by atoms with Crippen molar-refractivity contribution in [3.05, 3.63) is 59.7 Å². The Bertz CT molecular complexity index is 771. The van der Waals surface area contributed by atoms with E-state index in [-0.39, 0.29) is 24.8 Å². The second-order valence-corrected chi connectivity index (χ2v) is 7.11. The summed E-state index contributed by atoms with van der Waals surface area (Å²) in [5.41, 5.74) is 2.10. The van der Waals surface area contributed by atoms with E-state index in [0.29, 0.717) is 18.1 Å². The maximum absolute atomic E-state index is 12.6. The van der Waals surface area contributed by atoms with Crippen LogP contribution in [-0.4, -0.2) is 30.0 Å². The van der Waals surface area contributed by atoms with Crippen LogP contribution >= 0.6 is 0 Å². The summed E-state index contributed by atoms with van der Waals surface area (Å²) in [6.07, 6.45) is 2.36. The molecule has 1 aliphatic heterocycles. The van der Waals surface area contributed by atoms with Gasteiger partial charge in [0.05, 0.1) is 12.5 Å². The number of nitrogens with one attached hydrogen (secondary N) is 1. The molecule has 5 heteroatoms. The van der Waals surface area contributed by atoms with Crippen molar-refractivity contribution < 1.29 is 19.4 Å². The van der Waals surface area contributed by atoms with E-state index in [9.17, 15) is 9.90 Å². The van der Waals surface area contributed by atoms with E-state index >= 15 is 0 Å². The number of benzene rings is 2. The molecule has 26 heavy (non-hydrogen) atoms. The van der Waals surface area contributed by atoms with Gasteiger partial charge in [-0.3, -0.25) is 4.79 Å². The third-order valence-corrected chi connectivity index (χ3v) is 5.17. The summed E-state index contributed by atoms with van der Waals surface area (Å²) in [6, 6.07) is 15.8. The summed E-state index contributed by atoms with van der Waals surface area (Å²) in [4.78, 5) is 12.6. The van der Waals surface area contributed by atoms with E-state index in [1.807, 2.05) is 36.4 Å². The predicted octanol–water partition coefficient (Wildman–Crippen LogP) is 2.46. The minimum atomic E-state index is -0.232. The van der Waals surface area contributed by atoms with Gasteiger partial charge in [-0.15, -0.1) is 0 Å². The zero-order valence-corrected chi connectivity index (χ0v) is 14.6. The number of carbonyl (C=O) groups is 1. The van der Waals surface area contributed by atoms with E-state index in [4.69, 9.17) is 9.47 Å². The predicted molar refractivity (Wildman–Crippen MR) is 97.1 cm³/mol. The third-order valence-electron chi connectivity index (χ3n) is 5.17. The van der Waals surface area contributed by atoms with Crippen molar-refractivity contribution in [2.45, 2.75) is 37.8 Å². The van der Waals surface area contributed by atoms with Gasteiger partial charge in [-0.25, -0.2) is 0 Å². The number of hydrogen-bond donors (Lipinski definition) is 2. The molecule has 1 saturated carbocycles. The number of amides is 1. The maximum Gasteiger partial charge on any atom is 0.231 e. The number of hydrogen-bond acceptors (Lipinski definition) is 4. The fourth-order valence-electron chi connectivity index (χ4n) is 3.66. The van der Waals surface area contributed by atoms with Crippen molar-refractivity contribution in [2.75, 3.05) is 6.79 Å². The molecule has 0 bridgehead atoms. The van der Waals surface area contributed by atoms with Crippen LogP contribution in [0.25, 0.3) is 0 Å². The molecular formula is C21H23NO4. The molecule has 0 spiro atoms. The van der Waals surface area contributed by atoms with E-state index in [0.717, 1.165) is 30.6 Å². The normalized spacial score (nSPS) is 21.7. The highest BCUT2D eigenvalue weighted by atomic mass is 16.7. The standard InChI is InChI=1S/C21H23NO4/c23-17-11-16(12-17)18(8-14-4-2-1-3-5-14)22-21(24)10-15-6-7-19-20(9-15)26-13-25-19/h1-7,9,16-18,23H,8,10-13H2,(H,22,24). The van der Waals surface area contributed by atoms with E-state index in [1.54, 1.807) is 0 Å². The first-order valence-corrected chi connectivity index (χ1v) is 9.07. The molecule has 0 saturated heterocycles. The highest BCUT2D eigenvalue weighted by Gasteiger charge is 2.34. The molecule has 1 atom stereocenters. The van der Waals surface area contributed by atoms with Gasteiger partial charge in [-0.1, -0.05) is 36.4 Å². The SMILES string of the molecule is O=C(Cc1ccc2c(c1)OCO2)NC(Cc1ccccc1)C1CC(O)C1. The molecule has 2 aliphatic rings. The zero-order chi connectivity index (χ0) is 17.9. The topological polar surface area (TPSA) is 67.8 Å². The van der Waals surface area contributed by atoms with Gasteiger partial charge in [0.2, 0.25) is 12.7 Å². The Morgan fingerprint density at radius 1 is 1.08 bits per heavy atom. The van der Waals surface area contributed by atoms with Crippen molar-refractivity contribution >= 4 is 5.91 Å². The molecule has 1 amide bonds. The maximum atomic E-state index is 12.6. The Balaban J connectivity index is 1.40. The highest BCUT2D eigenvalue weighted by molar-refractivity contribution is 5.79. The Labute approximate surface area is 152 Å². The fourth-order valence-corrected chi connectivity index (χ4v) is 3.66. The van der Waals surface area contributed by atoms with E-state index in [1.165, 1.54) is 5.56 Å². The summed E-state index contributed by atoms with van der Waals surface area (Å²) in [5.74, 6) is 1.73. The lowest BCUT2D eigenvalue weighted by atomic mass is 9.75. The molecule has 0 radical (unpaired) electrons. The Morgan fingerprint density at radius 3 is 2.62 bits per heavy atom. The first-order chi connectivity index (χ1) is 12.7.